The lowest BCUT2D eigenvalue weighted by Gasteiger charge is -2.32. The molecule has 0 spiro atoms. The van der Waals surface area contributed by atoms with Crippen molar-refractivity contribution in [3.8, 4) is 5.75 Å². The summed E-state index contributed by atoms with van der Waals surface area (Å²) in [6.07, 6.45) is 6.22. The van der Waals surface area contributed by atoms with Gasteiger partial charge in [0.15, 0.2) is 0 Å². The Morgan fingerprint density at radius 3 is 2.58 bits per heavy atom. The molecule has 2 aromatic rings. The van der Waals surface area contributed by atoms with Gasteiger partial charge in [0.25, 0.3) is 5.91 Å². The SMILES string of the molecule is COc1ccc(CC2CCN(C(=O)c3cncnc3C)CC2)cc1. The minimum atomic E-state index is 0.0518. The number of benzene rings is 1. The van der Waals surface area contributed by atoms with Crippen molar-refractivity contribution in [3.63, 3.8) is 0 Å². The minimum absolute atomic E-state index is 0.0518. The monoisotopic (exact) mass is 325 g/mol. The first-order chi connectivity index (χ1) is 11.7. The number of likely N-dealkylation sites (tertiary alicyclic amines) is 1. The summed E-state index contributed by atoms with van der Waals surface area (Å²) in [5.74, 6) is 1.56. The number of ether oxygens (including phenoxy) is 1. The Bertz CT molecular complexity index is 692. The molecule has 3 rings (SSSR count). The zero-order chi connectivity index (χ0) is 16.9. The van der Waals surface area contributed by atoms with Crippen LogP contribution in [0.3, 0.4) is 0 Å². The molecule has 126 valence electrons. The molecule has 5 heteroatoms. The molecule has 2 heterocycles. The summed E-state index contributed by atoms with van der Waals surface area (Å²) in [5, 5.41) is 0. The van der Waals surface area contributed by atoms with E-state index in [2.05, 4.69) is 22.1 Å². The van der Waals surface area contributed by atoms with Crippen molar-refractivity contribution in [2.24, 2.45) is 5.92 Å². The number of amides is 1. The molecule has 1 aliphatic heterocycles. The van der Waals surface area contributed by atoms with Crippen LogP contribution in [0, 0.1) is 12.8 Å². The van der Waals surface area contributed by atoms with Gasteiger partial charge in [-0.25, -0.2) is 9.97 Å². The summed E-state index contributed by atoms with van der Waals surface area (Å²) < 4.78 is 5.20. The Morgan fingerprint density at radius 2 is 1.96 bits per heavy atom. The fraction of sp³-hybridized carbons (Fsp3) is 0.421. The second-order valence-corrected chi connectivity index (χ2v) is 6.31. The van der Waals surface area contributed by atoms with Crippen LogP contribution in [0.15, 0.2) is 36.8 Å². The third-order valence-electron chi connectivity index (χ3n) is 4.73. The molecule has 1 fully saturated rings. The van der Waals surface area contributed by atoms with Gasteiger partial charge >= 0.3 is 0 Å². The Balaban J connectivity index is 1.55. The molecule has 0 atom stereocenters. The minimum Gasteiger partial charge on any atom is -0.497 e. The molecular formula is C19H23N3O2. The number of aromatic nitrogens is 2. The first-order valence-electron chi connectivity index (χ1n) is 8.36. The molecule has 1 aromatic heterocycles. The first kappa shape index (κ1) is 16.4. The number of hydrogen-bond acceptors (Lipinski definition) is 4. The number of methoxy groups -OCH3 is 1. The summed E-state index contributed by atoms with van der Waals surface area (Å²) >= 11 is 0. The molecule has 0 aliphatic carbocycles. The third-order valence-corrected chi connectivity index (χ3v) is 4.73. The van der Waals surface area contributed by atoms with Gasteiger partial charge in [0.1, 0.15) is 12.1 Å². The van der Waals surface area contributed by atoms with Gasteiger partial charge in [-0.05, 0) is 49.8 Å². The highest BCUT2D eigenvalue weighted by Crippen LogP contribution is 2.24. The van der Waals surface area contributed by atoms with E-state index in [1.54, 1.807) is 13.3 Å². The predicted octanol–water partition coefficient (Wildman–Crippen LogP) is 2.89. The fourth-order valence-electron chi connectivity index (χ4n) is 3.21. The first-order valence-corrected chi connectivity index (χ1v) is 8.36. The number of carbonyl (C=O) groups is 1. The lowest BCUT2D eigenvalue weighted by molar-refractivity contribution is 0.0689. The molecule has 1 saturated heterocycles. The van der Waals surface area contributed by atoms with Crippen molar-refractivity contribution in [1.29, 1.82) is 0 Å². The van der Waals surface area contributed by atoms with Crippen molar-refractivity contribution >= 4 is 5.91 Å². The Kier molecular flexibility index (Phi) is 5.08. The number of rotatable bonds is 4. The van der Waals surface area contributed by atoms with Gasteiger partial charge in [-0.2, -0.15) is 0 Å². The van der Waals surface area contributed by atoms with E-state index in [0.29, 0.717) is 11.5 Å². The van der Waals surface area contributed by atoms with Crippen LogP contribution < -0.4 is 4.74 Å². The molecule has 1 aromatic carbocycles. The summed E-state index contributed by atoms with van der Waals surface area (Å²) in [5.41, 5.74) is 2.69. The molecule has 0 unspecified atom stereocenters. The van der Waals surface area contributed by atoms with Crippen LogP contribution in [0.1, 0.15) is 34.5 Å². The normalized spacial score (nSPS) is 15.3. The fourth-order valence-corrected chi connectivity index (χ4v) is 3.21. The van der Waals surface area contributed by atoms with Gasteiger partial charge in [-0.15, -0.1) is 0 Å². The lowest BCUT2D eigenvalue weighted by atomic mass is 9.90. The summed E-state index contributed by atoms with van der Waals surface area (Å²) in [6, 6.07) is 8.26. The second-order valence-electron chi connectivity index (χ2n) is 6.31. The van der Waals surface area contributed by atoms with E-state index >= 15 is 0 Å². The van der Waals surface area contributed by atoms with E-state index in [1.807, 2.05) is 24.0 Å². The highest BCUT2D eigenvalue weighted by atomic mass is 16.5. The average Bonchev–Trinajstić information content (AvgIpc) is 2.63. The van der Waals surface area contributed by atoms with Gasteiger partial charge in [0.05, 0.1) is 18.4 Å². The van der Waals surface area contributed by atoms with Crippen LogP contribution in [0.4, 0.5) is 0 Å². The van der Waals surface area contributed by atoms with Gasteiger partial charge in [0, 0.05) is 19.3 Å². The van der Waals surface area contributed by atoms with Gasteiger partial charge < -0.3 is 9.64 Å². The summed E-state index contributed by atoms with van der Waals surface area (Å²) in [7, 11) is 1.68. The van der Waals surface area contributed by atoms with Crippen LogP contribution in [0.25, 0.3) is 0 Å². The largest absolute Gasteiger partial charge is 0.497 e. The third kappa shape index (κ3) is 3.72. The molecule has 0 radical (unpaired) electrons. The Labute approximate surface area is 142 Å². The van der Waals surface area contributed by atoms with Crippen molar-refractivity contribution < 1.29 is 9.53 Å². The average molecular weight is 325 g/mol. The predicted molar refractivity (Wildman–Crippen MR) is 92.1 cm³/mol. The van der Waals surface area contributed by atoms with E-state index in [9.17, 15) is 4.79 Å². The zero-order valence-electron chi connectivity index (χ0n) is 14.2. The molecule has 0 saturated carbocycles. The van der Waals surface area contributed by atoms with Crippen molar-refractivity contribution in [3.05, 3.63) is 53.6 Å². The van der Waals surface area contributed by atoms with Crippen LogP contribution in [0.2, 0.25) is 0 Å². The Morgan fingerprint density at radius 1 is 1.25 bits per heavy atom. The van der Waals surface area contributed by atoms with Crippen molar-refractivity contribution in [1.82, 2.24) is 14.9 Å². The molecule has 0 bridgehead atoms. The van der Waals surface area contributed by atoms with Crippen molar-refractivity contribution in [2.45, 2.75) is 26.2 Å². The van der Waals surface area contributed by atoms with E-state index in [1.165, 1.54) is 11.9 Å². The van der Waals surface area contributed by atoms with E-state index in [4.69, 9.17) is 4.74 Å². The quantitative estimate of drug-likeness (QED) is 0.867. The smallest absolute Gasteiger partial charge is 0.257 e. The van der Waals surface area contributed by atoms with E-state index in [0.717, 1.165) is 43.8 Å². The van der Waals surface area contributed by atoms with Crippen LogP contribution in [-0.4, -0.2) is 41.0 Å². The van der Waals surface area contributed by atoms with Gasteiger partial charge in [-0.3, -0.25) is 4.79 Å². The molecule has 1 amide bonds. The van der Waals surface area contributed by atoms with Gasteiger partial charge in [-0.1, -0.05) is 12.1 Å². The number of carbonyl (C=O) groups excluding carboxylic acids is 1. The number of nitrogens with zero attached hydrogens (tertiary/aromatic N) is 3. The van der Waals surface area contributed by atoms with Gasteiger partial charge in [0.2, 0.25) is 0 Å². The molecular weight excluding hydrogens is 302 g/mol. The topological polar surface area (TPSA) is 55.3 Å². The maximum Gasteiger partial charge on any atom is 0.257 e. The maximum absolute atomic E-state index is 12.6. The molecule has 1 aliphatic rings. The molecule has 24 heavy (non-hydrogen) atoms. The van der Waals surface area contributed by atoms with Crippen molar-refractivity contribution in [2.75, 3.05) is 20.2 Å². The Hall–Kier alpha value is -2.43. The van der Waals surface area contributed by atoms with Crippen LogP contribution in [0.5, 0.6) is 5.75 Å². The summed E-state index contributed by atoms with van der Waals surface area (Å²) in [6.45, 7) is 3.45. The number of aryl methyl sites for hydroxylation is 1. The zero-order valence-corrected chi connectivity index (χ0v) is 14.2. The molecule has 5 nitrogen and oxygen atoms in total. The highest BCUT2D eigenvalue weighted by molar-refractivity contribution is 5.94. The van der Waals surface area contributed by atoms with Crippen LogP contribution in [-0.2, 0) is 6.42 Å². The highest BCUT2D eigenvalue weighted by Gasteiger charge is 2.25. The number of hydrogen-bond donors (Lipinski definition) is 0. The lowest BCUT2D eigenvalue weighted by Crippen LogP contribution is -2.39. The number of piperidine rings is 1. The maximum atomic E-state index is 12.6. The van der Waals surface area contributed by atoms with Crippen LogP contribution >= 0.6 is 0 Å². The van der Waals surface area contributed by atoms with E-state index in [-0.39, 0.29) is 5.91 Å². The second kappa shape index (κ2) is 7.43. The summed E-state index contributed by atoms with van der Waals surface area (Å²) in [4.78, 5) is 22.6. The van der Waals surface area contributed by atoms with E-state index < -0.39 is 0 Å². The standard InChI is InChI=1S/C19H23N3O2/c1-14-18(12-20-13-21-14)19(23)22-9-7-16(8-10-22)11-15-3-5-17(24-2)6-4-15/h3-6,12-13,16H,7-11H2,1-2H3. The molecule has 0 N–H and O–H groups in total.